The maximum atomic E-state index is 13.0. The summed E-state index contributed by atoms with van der Waals surface area (Å²) in [6.45, 7) is 3.77. The van der Waals surface area contributed by atoms with Gasteiger partial charge in [0.1, 0.15) is 0 Å². The van der Waals surface area contributed by atoms with Crippen LogP contribution in [0.15, 0.2) is 53.5 Å². The third-order valence-electron chi connectivity index (χ3n) is 4.54. The summed E-state index contributed by atoms with van der Waals surface area (Å²) < 4.78 is 50.1. The van der Waals surface area contributed by atoms with Crippen molar-refractivity contribution in [3.05, 3.63) is 85.4 Å². The number of nitro groups is 1. The Bertz CT molecular complexity index is 1260. The number of nitro benzene ring substituents is 1. The molecule has 0 heterocycles. The SMILES string of the molecule is CCOc1cc(C=Nc2ccc(C)c(Cl)c2)cc(Cl)c1Oc1ccc(C(F)(F)F)cc1[N+](=O)[O-]. The van der Waals surface area contributed by atoms with E-state index >= 15 is 0 Å². The molecule has 3 rings (SSSR count). The van der Waals surface area contributed by atoms with Crippen molar-refractivity contribution in [1.29, 1.82) is 0 Å². The van der Waals surface area contributed by atoms with E-state index in [4.69, 9.17) is 32.7 Å². The molecule has 3 aromatic rings. The average Bonchev–Trinajstić information content (AvgIpc) is 2.76. The zero-order valence-corrected chi connectivity index (χ0v) is 19.3. The molecular weight excluding hydrogens is 496 g/mol. The van der Waals surface area contributed by atoms with Gasteiger partial charge in [-0.2, -0.15) is 13.2 Å². The minimum Gasteiger partial charge on any atom is -0.490 e. The van der Waals surface area contributed by atoms with Gasteiger partial charge in [-0.3, -0.25) is 15.1 Å². The number of hydrogen-bond donors (Lipinski definition) is 0. The van der Waals surface area contributed by atoms with Crippen LogP contribution in [0, 0.1) is 17.0 Å². The lowest BCUT2D eigenvalue weighted by Gasteiger charge is -2.15. The van der Waals surface area contributed by atoms with E-state index in [1.54, 1.807) is 25.1 Å². The highest BCUT2D eigenvalue weighted by Crippen LogP contribution is 2.43. The lowest BCUT2D eigenvalue weighted by Crippen LogP contribution is -2.06. The monoisotopic (exact) mass is 512 g/mol. The van der Waals surface area contributed by atoms with Gasteiger partial charge in [-0.25, -0.2) is 0 Å². The first kappa shape index (κ1) is 25.3. The molecular formula is C23H17Cl2F3N2O4. The van der Waals surface area contributed by atoms with Gasteiger partial charge in [-0.05, 0) is 61.4 Å². The molecule has 34 heavy (non-hydrogen) atoms. The van der Waals surface area contributed by atoms with Crippen LogP contribution in [0.25, 0.3) is 0 Å². The predicted molar refractivity (Wildman–Crippen MR) is 124 cm³/mol. The number of aliphatic imine (C=N–C) groups is 1. The molecule has 0 atom stereocenters. The molecule has 0 N–H and O–H groups in total. The lowest BCUT2D eigenvalue weighted by molar-refractivity contribution is -0.385. The molecule has 0 fully saturated rings. The summed E-state index contributed by atoms with van der Waals surface area (Å²) in [4.78, 5) is 14.8. The summed E-state index contributed by atoms with van der Waals surface area (Å²) in [6.07, 6.45) is -3.24. The fraction of sp³-hybridized carbons (Fsp3) is 0.174. The van der Waals surface area contributed by atoms with Crippen molar-refractivity contribution < 1.29 is 27.6 Å². The number of rotatable bonds is 7. The van der Waals surface area contributed by atoms with Crippen molar-refractivity contribution in [1.82, 2.24) is 0 Å². The van der Waals surface area contributed by atoms with Crippen LogP contribution in [0.3, 0.4) is 0 Å². The molecule has 0 aliphatic rings. The Kier molecular flexibility index (Phi) is 7.68. The van der Waals surface area contributed by atoms with Gasteiger partial charge in [0.15, 0.2) is 11.5 Å². The van der Waals surface area contributed by atoms with Gasteiger partial charge in [0, 0.05) is 17.3 Å². The molecule has 11 heteroatoms. The van der Waals surface area contributed by atoms with Gasteiger partial charge < -0.3 is 9.47 Å². The minimum absolute atomic E-state index is 0.0172. The van der Waals surface area contributed by atoms with Crippen molar-refractivity contribution in [3.8, 4) is 17.2 Å². The van der Waals surface area contributed by atoms with Gasteiger partial charge >= 0.3 is 11.9 Å². The summed E-state index contributed by atoms with van der Waals surface area (Å²) >= 11 is 12.5. The highest BCUT2D eigenvalue weighted by molar-refractivity contribution is 6.32. The van der Waals surface area contributed by atoms with Crippen molar-refractivity contribution in [2.45, 2.75) is 20.0 Å². The molecule has 0 radical (unpaired) electrons. The summed E-state index contributed by atoms with van der Waals surface area (Å²) in [6, 6.07) is 10.3. The second-order valence-corrected chi connectivity index (χ2v) is 7.81. The van der Waals surface area contributed by atoms with Crippen LogP contribution in [0.4, 0.5) is 24.5 Å². The molecule has 0 aliphatic carbocycles. The van der Waals surface area contributed by atoms with Gasteiger partial charge in [0.2, 0.25) is 5.75 Å². The highest BCUT2D eigenvalue weighted by atomic mass is 35.5. The topological polar surface area (TPSA) is 74.0 Å². The van der Waals surface area contributed by atoms with E-state index in [0.29, 0.717) is 28.4 Å². The maximum Gasteiger partial charge on any atom is 0.416 e. The maximum absolute atomic E-state index is 13.0. The van der Waals surface area contributed by atoms with Crippen LogP contribution in [0.1, 0.15) is 23.6 Å². The van der Waals surface area contributed by atoms with Gasteiger partial charge in [0.25, 0.3) is 0 Å². The smallest absolute Gasteiger partial charge is 0.416 e. The first-order valence-electron chi connectivity index (χ1n) is 9.79. The van der Waals surface area contributed by atoms with Crippen LogP contribution in [-0.2, 0) is 6.18 Å². The largest absolute Gasteiger partial charge is 0.490 e. The summed E-state index contributed by atoms with van der Waals surface area (Å²) in [5.41, 5.74) is -0.00775. The van der Waals surface area contributed by atoms with E-state index in [1.165, 1.54) is 12.3 Å². The Morgan fingerprint density at radius 2 is 1.79 bits per heavy atom. The fourth-order valence-corrected chi connectivity index (χ4v) is 3.30. The lowest BCUT2D eigenvalue weighted by atomic mass is 10.1. The first-order valence-corrected chi connectivity index (χ1v) is 10.5. The van der Waals surface area contributed by atoms with E-state index in [9.17, 15) is 23.3 Å². The van der Waals surface area contributed by atoms with Crippen LogP contribution < -0.4 is 9.47 Å². The fourth-order valence-electron chi connectivity index (χ4n) is 2.87. The number of hydrogen-bond acceptors (Lipinski definition) is 5. The molecule has 0 saturated heterocycles. The Morgan fingerprint density at radius 3 is 2.41 bits per heavy atom. The average molecular weight is 513 g/mol. The molecule has 6 nitrogen and oxygen atoms in total. The molecule has 0 saturated carbocycles. The number of nitrogens with zero attached hydrogens (tertiary/aromatic N) is 2. The number of alkyl halides is 3. The van der Waals surface area contributed by atoms with Crippen molar-refractivity contribution in [2.24, 2.45) is 4.99 Å². The Balaban J connectivity index is 1.98. The molecule has 0 spiro atoms. The van der Waals surface area contributed by atoms with Crippen molar-refractivity contribution in [2.75, 3.05) is 6.61 Å². The quantitative estimate of drug-likeness (QED) is 0.182. The van der Waals surface area contributed by atoms with E-state index in [2.05, 4.69) is 4.99 Å². The Hall–Kier alpha value is -3.30. The number of benzene rings is 3. The number of halogens is 5. The van der Waals surface area contributed by atoms with Crippen LogP contribution in [0.2, 0.25) is 10.0 Å². The molecule has 0 aromatic heterocycles. The standard InChI is InChI=1S/C23H17Cl2F3N2O4/c1-3-33-21-9-14(12-29-16-6-4-13(2)17(24)11-16)8-18(25)22(21)34-20-7-5-15(23(26,27)28)10-19(20)30(31)32/h4-12H,3H2,1-2H3. The van der Waals surface area contributed by atoms with Crippen molar-refractivity contribution >= 4 is 40.8 Å². The van der Waals surface area contributed by atoms with E-state index in [0.717, 1.165) is 11.6 Å². The summed E-state index contributed by atoms with van der Waals surface area (Å²) in [5, 5.41) is 11.9. The summed E-state index contributed by atoms with van der Waals surface area (Å²) in [5.74, 6) is -0.369. The first-order chi connectivity index (χ1) is 16.0. The molecule has 178 valence electrons. The normalized spacial score (nSPS) is 11.6. The zero-order valence-electron chi connectivity index (χ0n) is 17.8. The van der Waals surface area contributed by atoms with E-state index < -0.39 is 28.1 Å². The third kappa shape index (κ3) is 5.98. The van der Waals surface area contributed by atoms with Crippen LogP contribution in [0.5, 0.6) is 17.2 Å². The van der Waals surface area contributed by atoms with E-state index in [-0.39, 0.29) is 23.1 Å². The highest BCUT2D eigenvalue weighted by Gasteiger charge is 2.33. The van der Waals surface area contributed by atoms with Crippen LogP contribution >= 0.6 is 23.2 Å². The third-order valence-corrected chi connectivity index (χ3v) is 5.23. The van der Waals surface area contributed by atoms with E-state index in [1.807, 2.05) is 13.0 Å². The Morgan fingerprint density at radius 1 is 1.06 bits per heavy atom. The molecule has 3 aromatic carbocycles. The Labute approximate surface area is 202 Å². The zero-order chi connectivity index (χ0) is 25.0. The van der Waals surface area contributed by atoms with Gasteiger partial charge in [-0.15, -0.1) is 0 Å². The number of aryl methyl sites for hydroxylation is 1. The molecule has 0 amide bonds. The number of ether oxygens (including phenoxy) is 2. The molecule has 0 unspecified atom stereocenters. The predicted octanol–water partition coefficient (Wildman–Crippen LogP) is 8.17. The second kappa shape index (κ2) is 10.3. The molecule has 0 aliphatic heterocycles. The second-order valence-electron chi connectivity index (χ2n) is 6.99. The van der Waals surface area contributed by atoms with Gasteiger partial charge in [-0.1, -0.05) is 29.3 Å². The van der Waals surface area contributed by atoms with Crippen LogP contribution in [-0.4, -0.2) is 17.7 Å². The minimum atomic E-state index is -4.75. The molecule has 0 bridgehead atoms. The van der Waals surface area contributed by atoms with Gasteiger partial charge in [0.05, 0.1) is 27.8 Å². The summed E-state index contributed by atoms with van der Waals surface area (Å²) in [7, 11) is 0. The van der Waals surface area contributed by atoms with Crippen molar-refractivity contribution in [3.63, 3.8) is 0 Å².